The molecule has 3 heterocycles. The van der Waals surface area contributed by atoms with Gasteiger partial charge in [-0.2, -0.15) is 0 Å². The van der Waals surface area contributed by atoms with E-state index in [4.69, 9.17) is 24.4 Å². The van der Waals surface area contributed by atoms with Crippen molar-refractivity contribution in [3.8, 4) is 56.5 Å². The van der Waals surface area contributed by atoms with Crippen molar-refractivity contribution in [2.24, 2.45) is 0 Å². The van der Waals surface area contributed by atoms with Crippen molar-refractivity contribution in [2.45, 2.75) is 0 Å². The summed E-state index contributed by atoms with van der Waals surface area (Å²) in [5.41, 5.74) is 9.33. The van der Waals surface area contributed by atoms with Crippen LogP contribution >= 0.6 is 0 Å². The van der Waals surface area contributed by atoms with Crippen molar-refractivity contribution < 1.29 is 4.42 Å². The number of nitrogens with zero attached hydrogens (tertiary/aromatic N) is 4. The summed E-state index contributed by atoms with van der Waals surface area (Å²) in [6.07, 6.45) is 0. The van der Waals surface area contributed by atoms with E-state index in [9.17, 15) is 0 Å². The molecule has 238 valence electrons. The highest BCUT2D eigenvalue weighted by Crippen LogP contribution is 2.37. The Morgan fingerprint density at radius 3 is 1.65 bits per heavy atom. The van der Waals surface area contributed by atoms with Gasteiger partial charge in [-0.15, -0.1) is 0 Å². The van der Waals surface area contributed by atoms with Gasteiger partial charge in [-0.3, -0.25) is 0 Å². The molecule has 0 unspecified atom stereocenters. The number of para-hydroxylation sites is 1. The Balaban J connectivity index is 1.20. The van der Waals surface area contributed by atoms with E-state index in [1.165, 1.54) is 5.39 Å². The van der Waals surface area contributed by atoms with Crippen molar-refractivity contribution in [1.82, 2.24) is 19.9 Å². The van der Waals surface area contributed by atoms with Gasteiger partial charge in [0.1, 0.15) is 11.2 Å². The van der Waals surface area contributed by atoms with E-state index < -0.39 is 0 Å². The molecule has 5 heteroatoms. The molecule has 0 saturated carbocycles. The highest BCUT2D eigenvalue weighted by atomic mass is 16.3. The second-order valence-corrected chi connectivity index (χ2v) is 12.7. The van der Waals surface area contributed by atoms with E-state index in [0.717, 1.165) is 77.3 Å². The normalized spacial score (nSPS) is 11.5. The highest BCUT2D eigenvalue weighted by molar-refractivity contribution is 6.06. The number of rotatable bonds is 5. The van der Waals surface area contributed by atoms with Crippen molar-refractivity contribution in [1.29, 1.82) is 0 Å². The quantitative estimate of drug-likeness (QED) is 0.173. The van der Waals surface area contributed by atoms with Gasteiger partial charge in [0.25, 0.3) is 0 Å². The predicted molar refractivity (Wildman–Crippen MR) is 207 cm³/mol. The van der Waals surface area contributed by atoms with E-state index in [1.807, 2.05) is 78.9 Å². The van der Waals surface area contributed by atoms with Gasteiger partial charge in [-0.25, -0.2) is 19.9 Å². The molecule has 5 nitrogen and oxygen atoms in total. The molecule has 0 N–H and O–H groups in total. The van der Waals surface area contributed by atoms with Crippen LogP contribution in [-0.4, -0.2) is 19.9 Å². The molecule has 0 radical (unpaired) electrons. The van der Waals surface area contributed by atoms with E-state index in [-0.39, 0.29) is 0 Å². The van der Waals surface area contributed by atoms with Gasteiger partial charge < -0.3 is 4.42 Å². The zero-order valence-corrected chi connectivity index (χ0v) is 27.4. The number of furan rings is 1. The van der Waals surface area contributed by atoms with Gasteiger partial charge in [0.15, 0.2) is 17.5 Å². The minimum atomic E-state index is 0.590. The van der Waals surface area contributed by atoms with Gasteiger partial charge in [0.05, 0.1) is 11.2 Å². The SMILES string of the molecule is c1ccc(-c2nc(-c3ccccc3)nc(-c3cc(-c4ccc5oc6ccccc6c5c4)cc(-c4ccc5cc6ccccc6cc5n4)c3)n2)cc1. The Morgan fingerprint density at radius 2 is 0.902 bits per heavy atom. The molecule has 7 aromatic carbocycles. The summed E-state index contributed by atoms with van der Waals surface area (Å²) in [5, 5.41) is 5.62. The summed E-state index contributed by atoms with van der Waals surface area (Å²) in [6, 6.07) is 58.2. The van der Waals surface area contributed by atoms with Crippen LogP contribution in [0, 0.1) is 0 Å². The highest BCUT2D eigenvalue weighted by Gasteiger charge is 2.16. The molecule has 0 aliphatic rings. The van der Waals surface area contributed by atoms with Crippen LogP contribution in [0.3, 0.4) is 0 Å². The molecule has 0 atom stereocenters. The molecule has 0 spiro atoms. The Bertz CT molecular complexity index is 2860. The maximum Gasteiger partial charge on any atom is 0.164 e. The Kier molecular flexibility index (Phi) is 6.74. The largest absolute Gasteiger partial charge is 0.456 e. The first kappa shape index (κ1) is 29.0. The van der Waals surface area contributed by atoms with E-state index in [2.05, 4.69) is 91.0 Å². The molecule has 3 aromatic heterocycles. The molecule has 0 bridgehead atoms. The fourth-order valence-electron chi connectivity index (χ4n) is 6.89. The van der Waals surface area contributed by atoms with Gasteiger partial charge in [-0.1, -0.05) is 115 Å². The second kappa shape index (κ2) is 11.9. The smallest absolute Gasteiger partial charge is 0.164 e. The van der Waals surface area contributed by atoms with Gasteiger partial charge in [0, 0.05) is 38.4 Å². The first-order chi connectivity index (χ1) is 25.2. The summed E-state index contributed by atoms with van der Waals surface area (Å²) in [6.45, 7) is 0. The number of aromatic nitrogens is 4. The third kappa shape index (κ3) is 5.29. The molecule has 0 amide bonds. The Morgan fingerprint density at radius 1 is 0.314 bits per heavy atom. The van der Waals surface area contributed by atoms with Crippen LogP contribution < -0.4 is 0 Å². The Labute approximate surface area is 293 Å². The zero-order chi connectivity index (χ0) is 33.7. The van der Waals surface area contributed by atoms with Crippen LogP contribution in [0.25, 0.3) is 100 Å². The lowest BCUT2D eigenvalue weighted by Gasteiger charge is -2.13. The third-order valence-electron chi connectivity index (χ3n) is 9.45. The fraction of sp³-hybridized carbons (Fsp3) is 0. The van der Waals surface area contributed by atoms with Crippen LogP contribution in [0.4, 0.5) is 0 Å². The summed E-state index contributed by atoms with van der Waals surface area (Å²) >= 11 is 0. The lowest BCUT2D eigenvalue weighted by atomic mass is 9.96. The van der Waals surface area contributed by atoms with Crippen LogP contribution in [0.1, 0.15) is 0 Å². The monoisotopic (exact) mass is 652 g/mol. The summed E-state index contributed by atoms with van der Waals surface area (Å²) < 4.78 is 6.17. The van der Waals surface area contributed by atoms with Crippen LogP contribution in [0.15, 0.2) is 174 Å². The number of fused-ring (bicyclic) bond motifs is 5. The first-order valence-electron chi connectivity index (χ1n) is 17.0. The molecule has 0 aliphatic carbocycles. The molecule has 0 fully saturated rings. The number of benzene rings is 7. The van der Waals surface area contributed by atoms with Crippen LogP contribution in [-0.2, 0) is 0 Å². The molecule has 10 rings (SSSR count). The van der Waals surface area contributed by atoms with Crippen molar-refractivity contribution in [2.75, 3.05) is 0 Å². The van der Waals surface area contributed by atoms with E-state index >= 15 is 0 Å². The fourth-order valence-corrected chi connectivity index (χ4v) is 6.89. The first-order valence-corrected chi connectivity index (χ1v) is 17.0. The summed E-state index contributed by atoms with van der Waals surface area (Å²) in [5.74, 6) is 1.83. The molecular weight excluding hydrogens is 625 g/mol. The lowest BCUT2D eigenvalue weighted by Crippen LogP contribution is -2.00. The minimum Gasteiger partial charge on any atom is -0.456 e. The van der Waals surface area contributed by atoms with Crippen LogP contribution in [0.2, 0.25) is 0 Å². The maximum absolute atomic E-state index is 6.17. The van der Waals surface area contributed by atoms with Gasteiger partial charge >= 0.3 is 0 Å². The lowest BCUT2D eigenvalue weighted by molar-refractivity contribution is 0.669. The predicted octanol–water partition coefficient (Wildman–Crippen LogP) is 11.8. The van der Waals surface area contributed by atoms with E-state index in [0.29, 0.717) is 17.5 Å². The molecule has 0 aliphatic heterocycles. The topological polar surface area (TPSA) is 64.7 Å². The molecule has 51 heavy (non-hydrogen) atoms. The number of pyridine rings is 1. The van der Waals surface area contributed by atoms with Crippen molar-refractivity contribution in [3.63, 3.8) is 0 Å². The standard InChI is InChI=1S/C46H28N4O/c1-3-11-29(12-4-1)44-48-45(30-13-5-2-6-14-30)50-46(49-44)37-25-35(33-20-22-43-39(27-33)38-17-9-10-18-42(38)51-43)24-36(26-37)40-21-19-34-23-31-15-7-8-16-32(31)28-41(34)47-40/h1-28H. The van der Waals surface area contributed by atoms with E-state index in [1.54, 1.807) is 0 Å². The maximum atomic E-state index is 6.17. The minimum absolute atomic E-state index is 0.590. The van der Waals surface area contributed by atoms with Crippen molar-refractivity contribution in [3.05, 3.63) is 170 Å². The number of hydrogen-bond acceptors (Lipinski definition) is 5. The average molecular weight is 653 g/mol. The average Bonchev–Trinajstić information content (AvgIpc) is 3.58. The Hall–Kier alpha value is -6.98. The van der Waals surface area contributed by atoms with Gasteiger partial charge in [0.2, 0.25) is 0 Å². The van der Waals surface area contributed by atoms with Gasteiger partial charge in [-0.05, 0) is 76.5 Å². The zero-order valence-electron chi connectivity index (χ0n) is 27.4. The summed E-state index contributed by atoms with van der Waals surface area (Å²) in [7, 11) is 0. The summed E-state index contributed by atoms with van der Waals surface area (Å²) in [4.78, 5) is 20.3. The second-order valence-electron chi connectivity index (χ2n) is 12.7. The molecule has 10 aromatic rings. The van der Waals surface area contributed by atoms with Crippen molar-refractivity contribution >= 4 is 43.6 Å². The third-order valence-corrected chi connectivity index (χ3v) is 9.45. The van der Waals surface area contributed by atoms with Crippen LogP contribution in [0.5, 0.6) is 0 Å². The molecule has 0 saturated heterocycles. The molecular formula is C46H28N4O. The number of hydrogen-bond donors (Lipinski definition) is 0.